The molecular formula is C25H26N4O6S. The van der Waals surface area contributed by atoms with Gasteiger partial charge in [-0.05, 0) is 41.8 Å². The van der Waals surface area contributed by atoms with Gasteiger partial charge in [-0.25, -0.2) is 13.1 Å². The summed E-state index contributed by atoms with van der Waals surface area (Å²) in [6, 6.07) is 18.0. The summed E-state index contributed by atoms with van der Waals surface area (Å²) in [6.07, 6.45) is 1.75. The summed E-state index contributed by atoms with van der Waals surface area (Å²) in [5.74, 6) is -1.57. The van der Waals surface area contributed by atoms with Crippen LogP contribution in [0.1, 0.15) is 32.0 Å². The fourth-order valence-corrected chi connectivity index (χ4v) is 4.26. The molecule has 188 valence electrons. The molecule has 3 rings (SSSR count). The van der Waals surface area contributed by atoms with Gasteiger partial charge in [0.15, 0.2) is 0 Å². The molecule has 11 heteroatoms. The van der Waals surface area contributed by atoms with E-state index in [2.05, 4.69) is 15.6 Å². The second-order valence-electron chi connectivity index (χ2n) is 7.76. The average Bonchev–Trinajstić information content (AvgIpc) is 2.88. The smallest absolute Gasteiger partial charge is 0.269 e. The number of hydrogen-bond acceptors (Lipinski definition) is 7. The summed E-state index contributed by atoms with van der Waals surface area (Å²) in [6.45, 7) is 0.153. The van der Waals surface area contributed by atoms with Gasteiger partial charge in [0.25, 0.3) is 21.8 Å². The molecule has 0 saturated heterocycles. The molecule has 0 aliphatic carbocycles. The van der Waals surface area contributed by atoms with Crippen LogP contribution in [-0.2, 0) is 27.7 Å². The molecule has 3 amide bonds. The maximum absolute atomic E-state index is 12.7. The molecule has 0 atom stereocenters. The van der Waals surface area contributed by atoms with Crippen LogP contribution >= 0.6 is 0 Å². The van der Waals surface area contributed by atoms with Gasteiger partial charge in [0.05, 0.1) is 23.5 Å². The lowest BCUT2D eigenvalue weighted by molar-refractivity contribution is -0.120. The van der Waals surface area contributed by atoms with Crippen molar-refractivity contribution < 1.29 is 27.9 Å². The van der Waals surface area contributed by atoms with Gasteiger partial charge < -0.3 is 15.7 Å². The van der Waals surface area contributed by atoms with Crippen molar-refractivity contribution in [2.45, 2.75) is 17.7 Å². The van der Waals surface area contributed by atoms with Gasteiger partial charge in [0.2, 0.25) is 5.91 Å². The molecule has 1 aromatic heterocycles. The van der Waals surface area contributed by atoms with Crippen LogP contribution in [0.4, 0.5) is 0 Å². The second kappa shape index (κ2) is 12.6. The number of amides is 3. The molecule has 0 aliphatic heterocycles. The van der Waals surface area contributed by atoms with Gasteiger partial charge in [-0.1, -0.05) is 42.5 Å². The van der Waals surface area contributed by atoms with Gasteiger partial charge in [-0.15, -0.1) is 0 Å². The van der Waals surface area contributed by atoms with Crippen molar-refractivity contribution in [2.24, 2.45) is 0 Å². The Hall–Kier alpha value is -4.09. The third-order valence-corrected chi connectivity index (χ3v) is 6.36. The van der Waals surface area contributed by atoms with Crippen LogP contribution in [0.2, 0.25) is 0 Å². The molecule has 0 radical (unpaired) electrons. The number of sulfonamides is 1. The van der Waals surface area contributed by atoms with E-state index in [-0.39, 0.29) is 41.6 Å². The van der Waals surface area contributed by atoms with Crippen molar-refractivity contribution in [3.8, 4) is 0 Å². The third kappa shape index (κ3) is 7.72. The fraction of sp³-hybridized carbons (Fsp3) is 0.200. The molecule has 3 aromatic rings. The number of rotatable bonds is 11. The fourth-order valence-electron chi connectivity index (χ4n) is 3.22. The monoisotopic (exact) mass is 510 g/mol. The lowest BCUT2D eigenvalue weighted by Gasteiger charge is -2.10. The number of aliphatic hydroxyl groups excluding tert-OH is 1. The van der Waals surface area contributed by atoms with E-state index in [1.807, 2.05) is 35.1 Å². The van der Waals surface area contributed by atoms with Gasteiger partial charge in [-0.3, -0.25) is 19.4 Å². The van der Waals surface area contributed by atoms with E-state index in [9.17, 15) is 22.8 Å². The lowest BCUT2D eigenvalue weighted by atomic mass is 10.1. The van der Waals surface area contributed by atoms with Crippen LogP contribution in [0.5, 0.6) is 0 Å². The molecule has 0 bridgehead atoms. The number of benzene rings is 2. The van der Waals surface area contributed by atoms with Crippen LogP contribution in [0.15, 0.2) is 77.8 Å². The Morgan fingerprint density at radius 2 is 1.58 bits per heavy atom. The second-order valence-corrected chi connectivity index (χ2v) is 9.44. The molecule has 0 fully saturated rings. The van der Waals surface area contributed by atoms with E-state index in [0.29, 0.717) is 18.5 Å². The zero-order valence-electron chi connectivity index (χ0n) is 19.3. The molecule has 0 saturated carbocycles. The van der Waals surface area contributed by atoms with Crippen molar-refractivity contribution in [1.29, 1.82) is 0 Å². The lowest BCUT2D eigenvalue weighted by Crippen LogP contribution is -2.31. The first-order valence-electron chi connectivity index (χ1n) is 11.1. The summed E-state index contributed by atoms with van der Waals surface area (Å²) in [4.78, 5) is 40.1. The van der Waals surface area contributed by atoms with E-state index in [4.69, 9.17) is 5.11 Å². The molecule has 2 aromatic carbocycles. The number of pyridine rings is 1. The molecular weight excluding hydrogens is 484 g/mol. The molecule has 1 heterocycles. The number of hydrogen-bond donors (Lipinski definition) is 4. The Labute approximate surface area is 208 Å². The molecule has 10 nitrogen and oxygen atoms in total. The summed E-state index contributed by atoms with van der Waals surface area (Å²) in [5, 5.41) is 14.0. The van der Waals surface area contributed by atoms with E-state index in [1.54, 1.807) is 12.1 Å². The highest BCUT2D eigenvalue weighted by Crippen LogP contribution is 2.13. The predicted molar refractivity (Wildman–Crippen MR) is 132 cm³/mol. The van der Waals surface area contributed by atoms with Crippen LogP contribution in [0.3, 0.4) is 0 Å². The first-order valence-corrected chi connectivity index (χ1v) is 12.6. The predicted octanol–water partition coefficient (Wildman–Crippen LogP) is 0.824. The summed E-state index contributed by atoms with van der Waals surface area (Å²) in [7, 11) is -4.17. The molecule has 0 spiro atoms. The number of carbonyl (C=O) groups is 3. The molecule has 0 aliphatic rings. The van der Waals surface area contributed by atoms with Crippen molar-refractivity contribution in [3.05, 3.63) is 95.3 Å². The minimum absolute atomic E-state index is 0.0198. The standard InChI is InChI=1S/C25H26N4O6S/c30-14-13-27-25(33)22-10-9-20(17-28-22)24(32)29-36(34,35)21-8-4-7-19(15-21)11-12-26-23(31)16-18-5-2-1-3-6-18/h1-10,15,17,30H,11-14,16H2,(H,26,31)(H,27,33)(H,29,32). The molecule has 0 unspecified atom stereocenters. The van der Waals surface area contributed by atoms with Crippen molar-refractivity contribution in [3.63, 3.8) is 0 Å². The highest BCUT2D eigenvalue weighted by molar-refractivity contribution is 7.90. The van der Waals surface area contributed by atoms with Crippen molar-refractivity contribution in [1.82, 2.24) is 20.3 Å². The number of aliphatic hydroxyl groups is 1. The Morgan fingerprint density at radius 3 is 2.28 bits per heavy atom. The van der Waals surface area contributed by atoms with E-state index >= 15 is 0 Å². The highest BCUT2D eigenvalue weighted by Gasteiger charge is 2.20. The van der Waals surface area contributed by atoms with Gasteiger partial charge >= 0.3 is 0 Å². The Bertz CT molecular complexity index is 1310. The highest BCUT2D eigenvalue weighted by atomic mass is 32.2. The largest absolute Gasteiger partial charge is 0.395 e. The van der Waals surface area contributed by atoms with Gasteiger partial charge in [0, 0.05) is 19.3 Å². The first-order chi connectivity index (χ1) is 17.3. The zero-order valence-corrected chi connectivity index (χ0v) is 20.1. The van der Waals surface area contributed by atoms with E-state index in [0.717, 1.165) is 11.8 Å². The topological polar surface area (TPSA) is 155 Å². The van der Waals surface area contributed by atoms with Gasteiger partial charge in [-0.2, -0.15) is 0 Å². The molecule has 36 heavy (non-hydrogen) atoms. The summed E-state index contributed by atoms with van der Waals surface area (Å²) < 4.78 is 27.5. The Balaban J connectivity index is 1.56. The summed E-state index contributed by atoms with van der Waals surface area (Å²) in [5.41, 5.74) is 1.54. The minimum atomic E-state index is -4.17. The molecule has 4 N–H and O–H groups in total. The minimum Gasteiger partial charge on any atom is -0.395 e. The number of carbonyl (C=O) groups excluding carboxylic acids is 3. The van der Waals surface area contributed by atoms with Crippen LogP contribution < -0.4 is 15.4 Å². The first kappa shape index (κ1) is 26.5. The maximum Gasteiger partial charge on any atom is 0.269 e. The Morgan fingerprint density at radius 1 is 0.833 bits per heavy atom. The van der Waals surface area contributed by atoms with E-state index in [1.165, 1.54) is 24.3 Å². The van der Waals surface area contributed by atoms with Crippen LogP contribution in [0.25, 0.3) is 0 Å². The SMILES string of the molecule is O=C(Cc1ccccc1)NCCc1cccc(S(=O)(=O)NC(=O)c2ccc(C(=O)NCCO)nc2)c1. The summed E-state index contributed by atoms with van der Waals surface area (Å²) >= 11 is 0. The number of nitrogens with zero attached hydrogens (tertiary/aromatic N) is 1. The van der Waals surface area contributed by atoms with Crippen LogP contribution in [0, 0.1) is 0 Å². The quantitative estimate of drug-likeness (QED) is 0.298. The van der Waals surface area contributed by atoms with Crippen molar-refractivity contribution in [2.75, 3.05) is 19.7 Å². The van der Waals surface area contributed by atoms with Gasteiger partial charge in [0.1, 0.15) is 5.69 Å². The van der Waals surface area contributed by atoms with Crippen molar-refractivity contribution >= 4 is 27.7 Å². The Kier molecular flexibility index (Phi) is 9.25. The normalized spacial score (nSPS) is 10.9. The maximum atomic E-state index is 12.7. The number of nitrogens with one attached hydrogen (secondary N) is 3. The third-order valence-electron chi connectivity index (χ3n) is 5.03. The zero-order chi connectivity index (χ0) is 26.0. The van der Waals surface area contributed by atoms with E-state index < -0.39 is 21.8 Å². The average molecular weight is 511 g/mol. The number of aromatic nitrogens is 1. The van der Waals surface area contributed by atoms with Crippen LogP contribution in [-0.4, -0.2) is 55.9 Å².